The van der Waals surface area contributed by atoms with Gasteiger partial charge in [0.2, 0.25) is 5.91 Å². The number of amides is 2. The standard InChI is InChI=1S/C20H18ClFN2O2S/c1-2-18(25)24-9-10-27-20(24)15-11-14(22)7-8-17(15)23(19(20)26)12-13-5-3-4-6-16(13)21/h3-8,11H,2,9-10,12H2,1H3/t20-/m0/s1. The van der Waals surface area contributed by atoms with Crippen LogP contribution in [-0.4, -0.2) is 29.0 Å². The molecule has 0 saturated carbocycles. The van der Waals surface area contributed by atoms with Gasteiger partial charge in [0.05, 0.1) is 12.2 Å². The van der Waals surface area contributed by atoms with Crippen LogP contribution in [0.3, 0.4) is 0 Å². The molecular weight excluding hydrogens is 387 g/mol. The van der Waals surface area contributed by atoms with Crippen molar-refractivity contribution in [2.45, 2.75) is 24.8 Å². The van der Waals surface area contributed by atoms with Gasteiger partial charge in [-0.25, -0.2) is 4.39 Å². The molecular formula is C20H18ClFN2O2S. The summed E-state index contributed by atoms with van der Waals surface area (Å²) in [6.45, 7) is 2.51. The molecule has 2 aliphatic rings. The number of nitrogens with zero attached hydrogens (tertiary/aromatic N) is 2. The van der Waals surface area contributed by atoms with Gasteiger partial charge in [-0.2, -0.15) is 0 Å². The summed E-state index contributed by atoms with van der Waals surface area (Å²) >= 11 is 7.68. The molecule has 4 rings (SSSR count). The number of anilines is 1. The van der Waals surface area contributed by atoms with Gasteiger partial charge in [0, 0.05) is 29.3 Å². The molecule has 140 valence electrons. The highest BCUT2D eigenvalue weighted by Crippen LogP contribution is 2.54. The first-order valence-corrected chi connectivity index (χ1v) is 10.1. The van der Waals surface area contributed by atoms with Crippen molar-refractivity contribution >= 4 is 40.9 Å². The number of carbonyl (C=O) groups excluding carboxylic acids is 2. The average molecular weight is 405 g/mol. The fourth-order valence-corrected chi connectivity index (χ4v) is 5.45. The molecule has 1 fully saturated rings. The van der Waals surface area contributed by atoms with E-state index in [1.54, 1.807) is 28.9 Å². The Kier molecular flexibility index (Phi) is 4.64. The van der Waals surface area contributed by atoms with E-state index in [4.69, 9.17) is 11.6 Å². The van der Waals surface area contributed by atoms with Gasteiger partial charge in [-0.15, -0.1) is 11.8 Å². The number of rotatable bonds is 3. The van der Waals surface area contributed by atoms with Crippen LogP contribution in [0, 0.1) is 5.82 Å². The smallest absolute Gasteiger partial charge is 0.268 e. The van der Waals surface area contributed by atoms with E-state index >= 15 is 0 Å². The Labute approximate surface area is 166 Å². The van der Waals surface area contributed by atoms with Gasteiger partial charge in [0.1, 0.15) is 5.82 Å². The molecule has 27 heavy (non-hydrogen) atoms. The largest absolute Gasteiger partial charge is 0.315 e. The summed E-state index contributed by atoms with van der Waals surface area (Å²) < 4.78 is 14.1. The van der Waals surface area contributed by atoms with Gasteiger partial charge >= 0.3 is 0 Å². The van der Waals surface area contributed by atoms with Gasteiger partial charge in [-0.3, -0.25) is 9.59 Å². The number of fused-ring (bicyclic) bond motifs is 2. The number of hydrogen-bond acceptors (Lipinski definition) is 3. The molecule has 2 amide bonds. The average Bonchev–Trinajstić information content (AvgIpc) is 3.20. The quantitative estimate of drug-likeness (QED) is 0.771. The van der Waals surface area contributed by atoms with E-state index in [1.165, 1.54) is 23.9 Å². The van der Waals surface area contributed by atoms with Crippen LogP contribution in [0.5, 0.6) is 0 Å². The third-order valence-corrected chi connectivity index (χ3v) is 6.83. The van der Waals surface area contributed by atoms with Crippen LogP contribution in [0.25, 0.3) is 0 Å². The van der Waals surface area contributed by atoms with E-state index in [-0.39, 0.29) is 18.4 Å². The molecule has 0 radical (unpaired) electrons. The second kappa shape index (κ2) is 6.84. The van der Waals surface area contributed by atoms with Crippen LogP contribution in [0.1, 0.15) is 24.5 Å². The van der Waals surface area contributed by atoms with Gasteiger partial charge in [0.25, 0.3) is 5.91 Å². The van der Waals surface area contributed by atoms with Crippen molar-refractivity contribution in [1.82, 2.24) is 4.90 Å². The first-order valence-electron chi connectivity index (χ1n) is 8.79. The minimum Gasteiger partial charge on any atom is -0.315 e. The Morgan fingerprint density at radius 2 is 2.07 bits per heavy atom. The highest BCUT2D eigenvalue weighted by molar-refractivity contribution is 8.01. The SMILES string of the molecule is CCC(=O)N1CCS[C@@]12C(=O)N(Cc1ccccc1Cl)c1ccc(F)cc12. The molecule has 1 spiro atoms. The number of benzene rings is 2. The van der Waals surface area contributed by atoms with Crippen molar-refractivity contribution in [1.29, 1.82) is 0 Å². The number of halogens is 2. The minimum atomic E-state index is -1.19. The molecule has 0 aliphatic carbocycles. The minimum absolute atomic E-state index is 0.108. The van der Waals surface area contributed by atoms with E-state index < -0.39 is 10.7 Å². The Morgan fingerprint density at radius 1 is 1.30 bits per heavy atom. The summed E-state index contributed by atoms with van der Waals surface area (Å²) in [6, 6.07) is 11.7. The monoisotopic (exact) mass is 404 g/mol. The molecule has 2 heterocycles. The van der Waals surface area contributed by atoms with Crippen molar-refractivity contribution in [3.05, 3.63) is 64.4 Å². The zero-order chi connectivity index (χ0) is 19.2. The third kappa shape index (κ3) is 2.74. The molecule has 1 atom stereocenters. The lowest BCUT2D eigenvalue weighted by Crippen LogP contribution is -2.50. The van der Waals surface area contributed by atoms with Crippen LogP contribution < -0.4 is 4.90 Å². The van der Waals surface area contributed by atoms with E-state index in [2.05, 4.69) is 0 Å². The van der Waals surface area contributed by atoms with Crippen LogP contribution in [0.4, 0.5) is 10.1 Å². The van der Waals surface area contributed by atoms with Crippen LogP contribution >= 0.6 is 23.4 Å². The molecule has 2 aromatic rings. The summed E-state index contributed by atoms with van der Waals surface area (Å²) in [4.78, 5) is 28.2. The van der Waals surface area contributed by atoms with Crippen molar-refractivity contribution in [2.75, 3.05) is 17.2 Å². The summed E-state index contributed by atoms with van der Waals surface area (Å²) in [5, 5.41) is 0.565. The molecule has 2 aromatic carbocycles. The topological polar surface area (TPSA) is 40.6 Å². The lowest BCUT2D eigenvalue weighted by atomic mass is 10.1. The fourth-order valence-electron chi connectivity index (χ4n) is 3.79. The molecule has 0 unspecified atom stereocenters. The highest BCUT2D eigenvalue weighted by atomic mass is 35.5. The number of carbonyl (C=O) groups is 2. The third-order valence-electron chi connectivity index (χ3n) is 5.05. The Hall–Kier alpha value is -2.05. The zero-order valence-electron chi connectivity index (χ0n) is 14.7. The van der Waals surface area contributed by atoms with E-state index in [0.29, 0.717) is 35.0 Å². The van der Waals surface area contributed by atoms with Crippen LogP contribution in [-0.2, 0) is 21.0 Å². The normalized spacial score (nSPS) is 21.2. The Morgan fingerprint density at radius 3 is 2.81 bits per heavy atom. The van der Waals surface area contributed by atoms with Crippen molar-refractivity contribution in [2.24, 2.45) is 0 Å². The van der Waals surface area contributed by atoms with Gasteiger partial charge in [-0.05, 0) is 29.8 Å². The summed E-state index contributed by atoms with van der Waals surface area (Å²) in [6.07, 6.45) is 0.296. The second-order valence-corrected chi connectivity index (χ2v) is 8.23. The number of hydrogen-bond donors (Lipinski definition) is 0. The van der Waals surface area contributed by atoms with E-state index in [1.807, 2.05) is 18.2 Å². The predicted octanol–water partition coefficient (Wildman–Crippen LogP) is 4.16. The van der Waals surface area contributed by atoms with E-state index in [0.717, 1.165) is 5.56 Å². The van der Waals surface area contributed by atoms with E-state index in [9.17, 15) is 14.0 Å². The predicted molar refractivity (Wildman–Crippen MR) is 105 cm³/mol. The second-order valence-electron chi connectivity index (χ2n) is 6.54. The zero-order valence-corrected chi connectivity index (χ0v) is 16.3. The Bertz CT molecular complexity index is 938. The van der Waals surface area contributed by atoms with Gasteiger partial charge < -0.3 is 9.80 Å². The number of thioether (sulfide) groups is 1. The van der Waals surface area contributed by atoms with Crippen molar-refractivity contribution < 1.29 is 14.0 Å². The summed E-state index contributed by atoms with van der Waals surface area (Å²) in [5.74, 6) is -0.111. The molecule has 7 heteroatoms. The molecule has 0 N–H and O–H groups in total. The molecule has 0 aromatic heterocycles. The molecule has 1 saturated heterocycles. The summed E-state index contributed by atoms with van der Waals surface area (Å²) in [5.41, 5.74) is 1.98. The maximum atomic E-state index is 14.1. The van der Waals surface area contributed by atoms with Crippen molar-refractivity contribution in [3.8, 4) is 0 Å². The lowest BCUT2D eigenvalue weighted by molar-refractivity contribution is -0.139. The maximum Gasteiger partial charge on any atom is 0.268 e. The molecule has 2 aliphatic heterocycles. The van der Waals surface area contributed by atoms with Crippen LogP contribution in [0.15, 0.2) is 42.5 Å². The maximum absolute atomic E-state index is 14.1. The lowest BCUT2D eigenvalue weighted by Gasteiger charge is -2.33. The summed E-state index contributed by atoms with van der Waals surface area (Å²) in [7, 11) is 0. The first-order chi connectivity index (χ1) is 13.0. The van der Waals surface area contributed by atoms with Crippen LogP contribution in [0.2, 0.25) is 5.02 Å². The first kappa shape index (κ1) is 18.3. The molecule has 4 nitrogen and oxygen atoms in total. The fraction of sp³-hybridized carbons (Fsp3) is 0.300. The van der Waals surface area contributed by atoms with Gasteiger partial charge in [0.15, 0.2) is 4.87 Å². The highest BCUT2D eigenvalue weighted by Gasteiger charge is 2.59. The Balaban J connectivity index is 1.84. The van der Waals surface area contributed by atoms with Crippen molar-refractivity contribution in [3.63, 3.8) is 0 Å². The van der Waals surface area contributed by atoms with Gasteiger partial charge in [-0.1, -0.05) is 36.7 Å². The molecule has 0 bridgehead atoms.